The quantitative estimate of drug-likeness (QED) is 0.660. The minimum Gasteiger partial charge on any atom is -0.481 e. The molecular weight excluding hydrogens is 316 g/mol. The molecule has 0 aromatic carbocycles. The number of halogens is 1. The van der Waals surface area contributed by atoms with Crippen molar-refractivity contribution in [3.05, 3.63) is 0 Å². The van der Waals surface area contributed by atoms with Crippen LogP contribution in [-0.4, -0.2) is 11.1 Å². The molecule has 7 heavy (non-hydrogen) atoms. The van der Waals surface area contributed by atoms with E-state index in [2.05, 4.69) is 0 Å². The van der Waals surface area contributed by atoms with Crippen LogP contribution in [0.15, 0.2) is 0 Å². The molecule has 0 radical (unpaired) electrons. The van der Waals surface area contributed by atoms with Gasteiger partial charge in [0.05, 0.1) is 0 Å². The van der Waals surface area contributed by atoms with Crippen molar-refractivity contribution in [3.63, 3.8) is 0 Å². The predicted molar refractivity (Wildman–Crippen MR) is 20.6 cm³/mol. The van der Waals surface area contributed by atoms with Gasteiger partial charge in [-0.3, -0.25) is 4.79 Å². The Morgan fingerprint density at radius 2 is 1.43 bits per heavy atom. The number of rotatable bonds is 0. The van der Waals surface area contributed by atoms with Gasteiger partial charge in [-0.2, -0.15) is 0 Å². The third-order valence-corrected chi connectivity index (χ3v) is 0. The zero-order chi connectivity index (χ0) is 3.58. The van der Waals surface area contributed by atoms with Crippen LogP contribution in [0.2, 0.25) is 0 Å². The van der Waals surface area contributed by atoms with Crippen LogP contribution in [0.1, 0.15) is 6.92 Å². The van der Waals surface area contributed by atoms with Crippen LogP contribution in [0.5, 0.6) is 0 Å². The van der Waals surface area contributed by atoms with Gasteiger partial charge in [0, 0.05) is 61.5 Å². The summed E-state index contributed by atoms with van der Waals surface area (Å²) in [7, 11) is 0. The molecule has 1 N–H and O–H groups in total. The van der Waals surface area contributed by atoms with Crippen molar-refractivity contribution < 1.29 is 64.5 Å². The third-order valence-electron chi connectivity index (χ3n) is 0. The van der Waals surface area contributed by atoms with E-state index in [9.17, 15) is 0 Å². The first-order valence-electron chi connectivity index (χ1n) is 0.928. The molecule has 0 rings (SSSR count). The summed E-state index contributed by atoms with van der Waals surface area (Å²) >= 11 is 0. The molecule has 0 spiro atoms. The summed E-state index contributed by atoms with van der Waals surface area (Å²) in [6, 6.07) is 0. The van der Waals surface area contributed by atoms with E-state index in [1.165, 1.54) is 0 Å². The largest absolute Gasteiger partial charge is 0.481 e. The Balaban J connectivity index is -0.0000000150. The molecular formula is C2H5Cd2ClO2. The molecule has 0 saturated heterocycles. The van der Waals surface area contributed by atoms with Gasteiger partial charge in [0.1, 0.15) is 0 Å². The average molecular weight is 321 g/mol. The van der Waals surface area contributed by atoms with E-state index in [1.54, 1.807) is 0 Å². The normalized spacial score (nSPS) is 3.57. The average Bonchev–Trinajstić information content (AvgIpc) is 0.811. The second-order valence-corrected chi connectivity index (χ2v) is 0.519. The molecule has 0 aromatic heterocycles. The molecule has 0 amide bonds. The van der Waals surface area contributed by atoms with Crippen molar-refractivity contribution in [2.75, 3.05) is 0 Å². The van der Waals surface area contributed by atoms with Gasteiger partial charge in [-0.05, 0) is 0 Å². The van der Waals surface area contributed by atoms with Crippen LogP contribution in [-0.2, 0) is 59.4 Å². The van der Waals surface area contributed by atoms with Crippen LogP contribution in [0.3, 0.4) is 0 Å². The summed E-state index contributed by atoms with van der Waals surface area (Å²) in [5.41, 5.74) is 0. The van der Waals surface area contributed by atoms with E-state index in [0.29, 0.717) is 0 Å². The Bertz CT molecular complexity index is 36.7. The second-order valence-electron chi connectivity index (χ2n) is 0.519. The molecule has 0 heterocycles. The molecule has 5 heteroatoms. The molecule has 0 aromatic rings. The Hall–Kier alpha value is 1.60. The summed E-state index contributed by atoms with van der Waals surface area (Å²) in [4.78, 5) is 9.00. The fourth-order valence-corrected chi connectivity index (χ4v) is 0. The second kappa shape index (κ2) is 15.6. The summed E-state index contributed by atoms with van der Waals surface area (Å²) in [6.45, 7) is 1.08. The molecule has 36 valence electrons. The fraction of sp³-hybridized carbons (Fsp3) is 0.500. The smallest absolute Gasteiger partial charge is 0.300 e. The van der Waals surface area contributed by atoms with E-state index in [4.69, 9.17) is 9.90 Å². The standard InChI is InChI=1S/C2H4O2.2Cd.ClH/c1-2(3)4;;;/h1H3,(H,3,4);;;1H. The number of hydrogen-bond acceptors (Lipinski definition) is 1. The van der Waals surface area contributed by atoms with E-state index in [1.807, 2.05) is 0 Å². The number of aliphatic carboxylic acids is 1. The van der Waals surface area contributed by atoms with Crippen molar-refractivity contribution >= 4 is 18.4 Å². The van der Waals surface area contributed by atoms with Gasteiger partial charge in [0.25, 0.3) is 5.97 Å². The maximum atomic E-state index is 9.00. The van der Waals surface area contributed by atoms with E-state index in [0.717, 1.165) is 6.92 Å². The van der Waals surface area contributed by atoms with E-state index >= 15 is 0 Å². The molecule has 0 atom stereocenters. The van der Waals surface area contributed by atoms with Crippen molar-refractivity contribution in [1.82, 2.24) is 0 Å². The van der Waals surface area contributed by atoms with Gasteiger partial charge < -0.3 is 5.11 Å². The summed E-state index contributed by atoms with van der Waals surface area (Å²) in [5.74, 6) is -0.833. The van der Waals surface area contributed by atoms with Gasteiger partial charge in [-0.15, -0.1) is 12.4 Å². The summed E-state index contributed by atoms with van der Waals surface area (Å²) in [5, 5.41) is 7.42. The maximum Gasteiger partial charge on any atom is 0.300 e. The molecule has 0 bridgehead atoms. The van der Waals surface area contributed by atoms with E-state index < -0.39 is 5.97 Å². The zero-order valence-electron chi connectivity index (χ0n) is 4.18. The van der Waals surface area contributed by atoms with Crippen molar-refractivity contribution in [2.24, 2.45) is 0 Å². The SMILES string of the molecule is CC(=O)O.Cl.[Cd].[Cd]. The Kier molecular flexibility index (Phi) is 52.5. The predicted octanol–water partition coefficient (Wildman–Crippen LogP) is 0.508. The first-order chi connectivity index (χ1) is 1.73. The first kappa shape index (κ1) is 23.5. The number of carbonyl (C=O) groups is 1. The molecule has 0 aliphatic heterocycles. The Morgan fingerprint density at radius 3 is 1.43 bits per heavy atom. The van der Waals surface area contributed by atoms with Crippen LogP contribution in [0.25, 0.3) is 0 Å². The molecule has 0 unspecified atom stereocenters. The topological polar surface area (TPSA) is 37.3 Å². The van der Waals surface area contributed by atoms with Gasteiger partial charge in [-0.25, -0.2) is 0 Å². The Morgan fingerprint density at radius 1 is 1.43 bits per heavy atom. The summed E-state index contributed by atoms with van der Waals surface area (Å²) in [6.07, 6.45) is 0. The van der Waals surface area contributed by atoms with Gasteiger partial charge in [0.15, 0.2) is 0 Å². The van der Waals surface area contributed by atoms with Crippen LogP contribution >= 0.6 is 12.4 Å². The molecule has 2 nitrogen and oxygen atoms in total. The van der Waals surface area contributed by atoms with Crippen molar-refractivity contribution in [1.29, 1.82) is 0 Å². The van der Waals surface area contributed by atoms with Gasteiger partial charge >= 0.3 is 0 Å². The third kappa shape index (κ3) is 92.8. The molecule has 0 fully saturated rings. The van der Waals surface area contributed by atoms with Crippen LogP contribution in [0, 0.1) is 0 Å². The van der Waals surface area contributed by atoms with Gasteiger partial charge in [0.2, 0.25) is 0 Å². The summed E-state index contributed by atoms with van der Waals surface area (Å²) < 4.78 is 0. The minimum atomic E-state index is -0.833. The molecule has 0 aliphatic rings. The van der Waals surface area contributed by atoms with Crippen LogP contribution in [0.4, 0.5) is 0 Å². The fourth-order valence-electron chi connectivity index (χ4n) is 0. The molecule has 0 aliphatic carbocycles. The minimum absolute atomic E-state index is 0. The number of carboxylic acids is 1. The Labute approximate surface area is 88.8 Å². The van der Waals surface area contributed by atoms with Crippen molar-refractivity contribution in [2.45, 2.75) is 6.92 Å². The monoisotopic (exact) mass is 324 g/mol. The zero-order valence-corrected chi connectivity index (χ0v) is 13.1. The number of carboxylic acid groups (broad SMARTS) is 1. The van der Waals surface area contributed by atoms with Gasteiger partial charge in [-0.1, -0.05) is 0 Å². The van der Waals surface area contributed by atoms with Crippen LogP contribution < -0.4 is 0 Å². The first-order valence-corrected chi connectivity index (χ1v) is 0.928. The number of hydrogen-bond donors (Lipinski definition) is 1. The van der Waals surface area contributed by atoms with Crippen molar-refractivity contribution in [3.8, 4) is 0 Å². The molecule has 0 saturated carbocycles. The van der Waals surface area contributed by atoms with E-state index in [-0.39, 0.29) is 67.0 Å². The maximum absolute atomic E-state index is 9.00.